The van der Waals surface area contributed by atoms with Crippen LogP contribution in [0.15, 0.2) is 30.3 Å². The van der Waals surface area contributed by atoms with E-state index in [9.17, 15) is 9.59 Å². The maximum Gasteiger partial charge on any atom is 0.249 e. The molecule has 1 aliphatic heterocycles. The number of carbonyl (C=O) groups excluding carboxylic acids is 2. The number of aromatic nitrogens is 2. The Morgan fingerprint density at radius 3 is 2.33 bits per heavy atom. The first-order chi connectivity index (χ1) is 10.1. The van der Waals surface area contributed by atoms with Gasteiger partial charge in [-0.1, -0.05) is 41.7 Å². The van der Waals surface area contributed by atoms with Gasteiger partial charge in [0.2, 0.25) is 16.9 Å². The van der Waals surface area contributed by atoms with Crippen molar-refractivity contribution in [2.24, 2.45) is 0 Å². The minimum absolute atomic E-state index is 0.208. The third-order valence-electron chi connectivity index (χ3n) is 3.17. The van der Waals surface area contributed by atoms with Crippen LogP contribution in [0, 0.1) is 6.92 Å². The zero-order valence-electron chi connectivity index (χ0n) is 11.5. The van der Waals surface area contributed by atoms with Crippen molar-refractivity contribution < 1.29 is 9.59 Å². The summed E-state index contributed by atoms with van der Waals surface area (Å²) in [6.07, 6.45) is 0. The number of anilines is 1. The highest BCUT2D eigenvalue weighted by Crippen LogP contribution is 2.22. The average Bonchev–Trinajstić information content (AvgIpc) is 2.85. The lowest BCUT2D eigenvalue weighted by Crippen LogP contribution is -2.53. The van der Waals surface area contributed by atoms with Gasteiger partial charge >= 0.3 is 0 Å². The van der Waals surface area contributed by atoms with Crippen molar-refractivity contribution >= 4 is 28.3 Å². The fourth-order valence-corrected chi connectivity index (χ4v) is 2.98. The van der Waals surface area contributed by atoms with Crippen LogP contribution in [0.4, 0.5) is 5.13 Å². The number of imide groups is 1. The number of aryl methyl sites for hydroxylation is 1. The van der Waals surface area contributed by atoms with Crippen molar-refractivity contribution in [2.75, 3.05) is 18.0 Å². The third-order valence-corrected chi connectivity index (χ3v) is 4.00. The lowest BCUT2D eigenvalue weighted by atomic mass is 10.2. The van der Waals surface area contributed by atoms with Crippen LogP contribution < -0.4 is 4.90 Å². The molecule has 108 valence electrons. The molecule has 0 unspecified atom stereocenters. The van der Waals surface area contributed by atoms with E-state index < -0.39 is 0 Å². The van der Waals surface area contributed by atoms with Crippen LogP contribution in [0.25, 0.3) is 0 Å². The molecule has 0 N–H and O–H groups in total. The van der Waals surface area contributed by atoms with Crippen LogP contribution in [0.5, 0.6) is 0 Å². The zero-order valence-corrected chi connectivity index (χ0v) is 12.3. The van der Waals surface area contributed by atoms with Crippen molar-refractivity contribution in [3.63, 3.8) is 0 Å². The molecule has 0 aliphatic carbocycles. The molecule has 2 heterocycles. The summed E-state index contributed by atoms with van der Waals surface area (Å²) in [6, 6.07) is 9.79. The van der Waals surface area contributed by atoms with Gasteiger partial charge in [-0.25, -0.2) is 4.90 Å². The Morgan fingerprint density at radius 2 is 1.76 bits per heavy atom. The highest BCUT2D eigenvalue weighted by atomic mass is 32.1. The van der Waals surface area contributed by atoms with Gasteiger partial charge in [-0.05, 0) is 12.5 Å². The summed E-state index contributed by atoms with van der Waals surface area (Å²) >= 11 is 1.25. The second kappa shape index (κ2) is 5.71. The van der Waals surface area contributed by atoms with Crippen molar-refractivity contribution in [1.82, 2.24) is 15.1 Å². The predicted octanol–water partition coefficient (Wildman–Crippen LogP) is 1.22. The van der Waals surface area contributed by atoms with Gasteiger partial charge in [0, 0.05) is 6.54 Å². The quantitative estimate of drug-likeness (QED) is 0.798. The number of amides is 2. The second-order valence-corrected chi connectivity index (χ2v) is 6.02. The van der Waals surface area contributed by atoms with E-state index in [1.165, 1.54) is 11.3 Å². The standard InChI is InChI=1S/C14H14N4O2S/c1-10-15-16-14(21-10)18-12(19)8-17(9-13(18)20)7-11-5-3-2-4-6-11/h2-6H,7-9H2,1H3. The number of nitrogens with zero attached hydrogens (tertiary/aromatic N) is 4. The first kappa shape index (κ1) is 13.8. The van der Waals surface area contributed by atoms with Crippen LogP contribution in [0.1, 0.15) is 10.6 Å². The molecule has 0 atom stereocenters. The van der Waals surface area contributed by atoms with E-state index >= 15 is 0 Å². The number of carbonyl (C=O) groups is 2. The third kappa shape index (κ3) is 2.98. The fourth-order valence-electron chi connectivity index (χ4n) is 2.26. The molecule has 2 amide bonds. The lowest BCUT2D eigenvalue weighted by molar-refractivity contribution is -0.132. The first-order valence-electron chi connectivity index (χ1n) is 6.55. The molecule has 0 spiro atoms. The van der Waals surface area contributed by atoms with Gasteiger partial charge in [-0.3, -0.25) is 14.5 Å². The van der Waals surface area contributed by atoms with Crippen molar-refractivity contribution in [1.29, 1.82) is 0 Å². The number of hydrogen-bond donors (Lipinski definition) is 0. The Morgan fingerprint density at radius 1 is 1.10 bits per heavy atom. The summed E-state index contributed by atoms with van der Waals surface area (Å²) in [7, 11) is 0. The van der Waals surface area contributed by atoms with Crippen molar-refractivity contribution in [3.8, 4) is 0 Å². The molecule has 2 aromatic rings. The maximum atomic E-state index is 12.2. The number of piperazine rings is 1. The summed E-state index contributed by atoms with van der Waals surface area (Å²) < 4.78 is 0. The Labute approximate surface area is 126 Å². The molecular weight excluding hydrogens is 288 g/mol. The molecule has 21 heavy (non-hydrogen) atoms. The molecule has 1 aliphatic rings. The van der Waals surface area contributed by atoms with Crippen LogP contribution in [0.3, 0.4) is 0 Å². The van der Waals surface area contributed by atoms with E-state index in [-0.39, 0.29) is 24.9 Å². The number of hydrogen-bond acceptors (Lipinski definition) is 6. The minimum atomic E-state index is -0.252. The largest absolute Gasteiger partial charge is 0.281 e. The van der Waals surface area contributed by atoms with Gasteiger partial charge < -0.3 is 0 Å². The molecular formula is C14H14N4O2S. The first-order valence-corrected chi connectivity index (χ1v) is 7.37. The lowest BCUT2D eigenvalue weighted by Gasteiger charge is -2.30. The second-order valence-electron chi connectivity index (χ2n) is 4.86. The van der Waals surface area contributed by atoms with E-state index in [0.717, 1.165) is 15.5 Å². The number of rotatable bonds is 3. The molecule has 3 rings (SSSR count). The van der Waals surface area contributed by atoms with E-state index in [0.29, 0.717) is 11.7 Å². The Hall–Kier alpha value is -2.12. The van der Waals surface area contributed by atoms with Gasteiger partial charge in [0.1, 0.15) is 5.01 Å². The molecule has 1 aromatic heterocycles. The van der Waals surface area contributed by atoms with E-state index in [4.69, 9.17) is 0 Å². The molecule has 0 saturated carbocycles. The normalized spacial score (nSPS) is 16.5. The predicted molar refractivity (Wildman–Crippen MR) is 78.9 cm³/mol. The summed E-state index contributed by atoms with van der Waals surface area (Å²) in [6.45, 7) is 2.79. The highest BCUT2D eigenvalue weighted by molar-refractivity contribution is 7.15. The van der Waals surface area contributed by atoms with E-state index in [1.807, 2.05) is 35.2 Å². The Balaban J connectivity index is 1.72. The summed E-state index contributed by atoms with van der Waals surface area (Å²) in [4.78, 5) is 27.4. The van der Waals surface area contributed by atoms with Crippen LogP contribution >= 0.6 is 11.3 Å². The summed E-state index contributed by atoms with van der Waals surface area (Å²) in [5.41, 5.74) is 1.08. The molecule has 6 nitrogen and oxygen atoms in total. The monoisotopic (exact) mass is 302 g/mol. The van der Waals surface area contributed by atoms with Gasteiger partial charge in [0.25, 0.3) is 0 Å². The smallest absolute Gasteiger partial charge is 0.249 e. The van der Waals surface area contributed by atoms with Crippen LogP contribution in [-0.4, -0.2) is 40.0 Å². The zero-order chi connectivity index (χ0) is 14.8. The molecule has 0 bridgehead atoms. The van der Waals surface area contributed by atoms with Crippen molar-refractivity contribution in [2.45, 2.75) is 13.5 Å². The Kier molecular flexibility index (Phi) is 3.76. The number of benzene rings is 1. The van der Waals surface area contributed by atoms with Gasteiger partial charge in [-0.15, -0.1) is 10.2 Å². The SMILES string of the molecule is Cc1nnc(N2C(=O)CN(Cc3ccccc3)CC2=O)s1. The topological polar surface area (TPSA) is 66.4 Å². The Bertz CT molecular complexity index is 653. The molecule has 1 aromatic carbocycles. The molecule has 0 radical (unpaired) electrons. The summed E-state index contributed by atoms with van der Waals surface area (Å²) in [5, 5.41) is 8.84. The molecule has 1 saturated heterocycles. The van der Waals surface area contributed by atoms with Gasteiger partial charge in [0.15, 0.2) is 0 Å². The van der Waals surface area contributed by atoms with Crippen LogP contribution in [0.2, 0.25) is 0 Å². The molecule has 7 heteroatoms. The average molecular weight is 302 g/mol. The van der Waals surface area contributed by atoms with E-state index in [2.05, 4.69) is 10.2 Å². The minimum Gasteiger partial charge on any atom is -0.281 e. The fraction of sp³-hybridized carbons (Fsp3) is 0.286. The van der Waals surface area contributed by atoms with E-state index in [1.54, 1.807) is 6.92 Å². The summed E-state index contributed by atoms with van der Waals surface area (Å²) in [5.74, 6) is -0.503. The maximum absolute atomic E-state index is 12.2. The van der Waals surface area contributed by atoms with Crippen molar-refractivity contribution in [3.05, 3.63) is 40.9 Å². The van der Waals surface area contributed by atoms with Gasteiger partial charge in [-0.2, -0.15) is 0 Å². The van der Waals surface area contributed by atoms with Gasteiger partial charge in [0.05, 0.1) is 13.1 Å². The highest BCUT2D eigenvalue weighted by Gasteiger charge is 2.34. The molecule has 1 fully saturated rings. The van der Waals surface area contributed by atoms with Crippen LogP contribution in [-0.2, 0) is 16.1 Å².